The number of amides is 3. The monoisotopic (exact) mass is 417 g/mol. The second-order valence-corrected chi connectivity index (χ2v) is 7.70. The first-order valence-electron chi connectivity index (χ1n) is 9.79. The van der Waals surface area contributed by atoms with Crippen LogP contribution in [0.1, 0.15) is 53.8 Å². The van der Waals surface area contributed by atoms with Gasteiger partial charge in [-0.05, 0) is 36.3 Å². The Kier molecular flexibility index (Phi) is 7.76. The number of rotatable bonds is 8. The lowest BCUT2D eigenvalue weighted by atomic mass is 9.94. The number of carbonyl (C=O) groups is 3. The highest BCUT2D eigenvalue weighted by molar-refractivity contribution is 6.25. The van der Waals surface area contributed by atoms with Gasteiger partial charge in [0.15, 0.2) is 0 Å². The summed E-state index contributed by atoms with van der Waals surface area (Å²) in [4.78, 5) is 39.1. The maximum Gasteiger partial charge on any atom is 0.261 e. The van der Waals surface area contributed by atoms with E-state index < -0.39 is 0 Å². The van der Waals surface area contributed by atoms with Crippen LogP contribution in [-0.4, -0.2) is 41.8 Å². The number of hydrogen-bond donors (Lipinski definition) is 2. The molecule has 6 nitrogen and oxygen atoms in total. The van der Waals surface area contributed by atoms with E-state index in [0.29, 0.717) is 35.4 Å². The van der Waals surface area contributed by atoms with Gasteiger partial charge in [-0.2, -0.15) is 0 Å². The Morgan fingerprint density at radius 3 is 2.17 bits per heavy atom. The van der Waals surface area contributed by atoms with Crippen LogP contribution in [0.5, 0.6) is 0 Å². The molecule has 1 unspecified atom stereocenters. The van der Waals surface area contributed by atoms with Crippen molar-refractivity contribution in [3.63, 3.8) is 0 Å². The predicted molar refractivity (Wildman–Crippen MR) is 116 cm³/mol. The van der Waals surface area contributed by atoms with E-state index in [1.165, 1.54) is 4.90 Å². The summed E-state index contributed by atoms with van der Waals surface area (Å²) in [5.41, 5.74) is 6.80. The first kappa shape index (κ1) is 22.8. The van der Waals surface area contributed by atoms with Gasteiger partial charge in [0.1, 0.15) is 0 Å². The first-order valence-corrected chi connectivity index (χ1v) is 9.79. The number of nitrogens with one attached hydrogen (secondary N) is 1. The first-order chi connectivity index (χ1) is 13.4. The lowest BCUT2D eigenvalue weighted by molar-refractivity contribution is -0.122. The molecule has 3 N–H and O–H groups in total. The number of benzene rings is 2. The number of hydrogen-bond acceptors (Lipinski definition) is 4. The maximum atomic E-state index is 12.8. The summed E-state index contributed by atoms with van der Waals surface area (Å²) in [6, 6.07) is 10.9. The van der Waals surface area contributed by atoms with Gasteiger partial charge in [0, 0.05) is 42.1 Å². The van der Waals surface area contributed by atoms with Crippen molar-refractivity contribution < 1.29 is 14.4 Å². The Hall–Kier alpha value is -2.44. The maximum absolute atomic E-state index is 12.8. The molecule has 3 rings (SSSR count). The number of halogens is 1. The van der Waals surface area contributed by atoms with Crippen LogP contribution in [-0.2, 0) is 4.79 Å². The Bertz CT molecular complexity index is 863. The third-order valence-electron chi connectivity index (χ3n) is 5.05. The summed E-state index contributed by atoms with van der Waals surface area (Å²) in [7, 11) is 0. The minimum absolute atomic E-state index is 0. The lowest BCUT2D eigenvalue weighted by Gasteiger charge is -2.27. The van der Waals surface area contributed by atoms with Crippen LogP contribution in [0, 0.1) is 5.92 Å². The van der Waals surface area contributed by atoms with E-state index in [1.54, 1.807) is 12.1 Å². The molecule has 0 fully saturated rings. The lowest BCUT2D eigenvalue weighted by Crippen LogP contribution is -2.42. The highest BCUT2D eigenvalue weighted by Crippen LogP contribution is 2.30. The molecule has 2 aromatic rings. The second-order valence-electron chi connectivity index (χ2n) is 7.70. The molecule has 1 heterocycles. The molecule has 1 aliphatic heterocycles. The molecule has 1 atom stereocenters. The minimum atomic E-state index is -0.297. The van der Waals surface area contributed by atoms with Crippen molar-refractivity contribution in [2.75, 3.05) is 13.1 Å². The van der Waals surface area contributed by atoms with Gasteiger partial charge in [-0.3, -0.25) is 19.3 Å². The van der Waals surface area contributed by atoms with Crippen LogP contribution >= 0.6 is 12.4 Å². The van der Waals surface area contributed by atoms with Gasteiger partial charge in [0.25, 0.3) is 11.8 Å². The molecule has 156 valence electrons. The zero-order valence-corrected chi connectivity index (χ0v) is 17.6. The molecule has 0 aliphatic carbocycles. The fourth-order valence-electron chi connectivity index (χ4n) is 3.76. The molecule has 29 heavy (non-hydrogen) atoms. The predicted octanol–water partition coefficient (Wildman–Crippen LogP) is 3.13. The molecular formula is C22H28ClN3O3. The van der Waals surface area contributed by atoms with Gasteiger partial charge >= 0.3 is 0 Å². The largest absolute Gasteiger partial charge is 0.352 e. The Labute approximate surface area is 177 Å². The van der Waals surface area contributed by atoms with E-state index in [9.17, 15) is 14.4 Å². The van der Waals surface area contributed by atoms with E-state index in [1.807, 2.05) is 24.3 Å². The third-order valence-corrected chi connectivity index (χ3v) is 5.05. The minimum Gasteiger partial charge on any atom is -0.352 e. The average Bonchev–Trinajstić information content (AvgIpc) is 2.67. The van der Waals surface area contributed by atoms with E-state index in [2.05, 4.69) is 19.2 Å². The Morgan fingerprint density at radius 1 is 1.07 bits per heavy atom. The molecule has 0 saturated carbocycles. The highest BCUT2D eigenvalue weighted by atomic mass is 35.5. The van der Waals surface area contributed by atoms with Crippen LogP contribution in [0.2, 0.25) is 0 Å². The number of imide groups is 1. The standard InChI is InChI=1S/C22H27N3O3.ClH/c1-14(2)12-16(13-23)24-19(26)10-5-11-25-21(27)17-8-3-6-15-7-4-9-18(20(15)17)22(25)28;/h3-4,6-9,14,16H,5,10-13,23H2,1-2H3,(H,24,26);1H. The number of nitrogens with zero attached hydrogens (tertiary/aromatic N) is 1. The average molecular weight is 418 g/mol. The SMILES string of the molecule is CC(C)CC(CN)NC(=O)CCCN1C(=O)c2cccc3cccc(c23)C1=O.Cl. The van der Waals surface area contributed by atoms with Crippen LogP contribution in [0.25, 0.3) is 10.8 Å². The van der Waals surface area contributed by atoms with E-state index in [0.717, 1.165) is 11.8 Å². The molecule has 0 aromatic heterocycles. The van der Waals surface area contributed by atoms with Crippen LogP contribution < -0.4 is 11.1 Å². The van der Waals surface area contributed by atoms with Gasteiger partial charge in [-0.15, -0.1) is 12.4 Å². The summed E-state index contributed by atoms with van der Waals surface area (Å²) in [6.45, 7) is 4.78. The second kappa shape index (κ2) is 9.85. The van der Waals surface area contributed by atoms with Gasteiger partial charge < -0.3 is 11.1 Å². The highest BCUT2D eigenvalue weighted by Gasteiger charge is 2.32. The van der Waals surface area contributed by atoms with E-state index in [-0.39, 0.29) is 49.1 Å². The number of nitrogens with two attached hydrogens (primary N) is 1. The molecule has 0 spiro atoms. The van der Waals surface area contributed by atoms with E-state index in [4.69, 9.17) is 5.73 Å². The molecule has 1 aliphatic rings. The Morgan fingerprint density at radius 2 is 1.66 bits per heavy atom. The zero-order valence-electron chi connectivity index (χ0n) is 16.8. The van der Waals surface area contributed by atoms with Crippen molar-refractivity contribution in [3.05, 3.63) is 47.5 Å². The van der Waals surface area contributed by atoms with Crippen molar-refractivity contribution in [2.24, 2.45) is 11.7 Å². The summed E-state index contributed by atoms with van der Waals surface area (Å²) >= 11 is 0. The molecule has 7 heteroatoms. The fraction of sp³-hybridized carbons (Fsp3) is 0.409. The van der Waals surface area contributed by atoms with Gasteiger partial charge in [0.2, 0.25) is 5.91 Å². The number of carbonyl (C=O) groups excluding carboxylic acids is 3. The van der Waals surface area contributed by atoms with Gasteiger partial charge in [0.05, 0.1) is 0 Å². The van der Waals surface area contributed by atoms with E-state index >= 15 is 0 Å². The smallest absolute Gasteiger partial charge is 0.261 e. The fourth-order valence-corrected chi connectivity index (χ4v) is 3.76. The molecule has 0 radical (unpaired) electrons. The van der Waals surface area contributed by atoms with Crippen LogP contribution in [0.3, 0.4) is 0 Å². The topological polar surface area (TPSA) is 92.5 Å². The molecule has 3 amide bonds. The molecular weight excluding hydrogens is 390 g/mol. The summed E-state index contributed by atoms with van der Waals surface area (Å²) < 4.78 is 0. The van der Waals surface area contributed by atoms with Crippen molar-refractivity contribution in [1.29, 1.82) is 0 Å². The quantitative estimate of drug-likeness (QED) is 0.645. The Balaban J connectivity index is 0.00000300. The van der Waals surface area contributed by atoms with Crippen LogP contribution in [0.4, 0.5) is 0 Å². The van der Waals surface area contributed by atoms with Crippen molar-refractivity contribution >= 4 is 40.9 Å². The van der Waals surface area contributed by atoms with Gasteiger partial charge in [-0.25, -0.2) is 0 Å². The van der Waals surface area contributed by atoms with Crippen LogP contribution in [0.15, 0.2) is 36.4 Å². The third kappa shape index (κ3) is 4.95. The van der Waals surface area contributed by atoms with Crippen molar-refractivity contribution in [3.8, 4) is 0 Å². The summed E-state index contributed by atoms with van der Waals surface area (Å²) in [6.07, 6.45) is 1.49. The summed E-state index contributed by atoms with van der Waals surface area (Å²) in [5, 5.41) is 4.54. The molecule has 0 saturated heterocycles. The van der Waals surface area contributed by atoms with Gasteiger partial charge in [-0.1, -0.05) is 38.1 Å². The zero-order chi connectivity index (χ0) is 20.3. The van der Waals surface area contributed by atoms with Crippen molar-refractivity contribution in [2.45, 2.75) is 39.2 Å². The summed E-state index contributed by atoms with van der Waals surface area (Å²) in [5.74, 6) is -0.251. The molecule has 0 bridgehead atoms. The van der Waals surface area contributed by atoms with Crippen molar-refractivity contribution in [1.82, 2.24) is 10.2 Å². The molecule has 2 aromatic carbocycles. The normalized spacial score (nSPS) is 14.1.